The lowest BCUT2D eigenvalue weighted by molar-refractivity contribution is -0.139. The predicted molar refractivity (Wildman–Crippen MR) is 67.3 cm³/mol. The number of hydrogen-bond donors (Lipinski definition) is 0. The SMILES string of the molecule is CCCC(C)C(=O)C(CC)C(=O)C(C)(C)C. The highest BCUT2D eigenvalue weighted by Crippen LogP contribution is 2.25. The summed E-state index contributed by atoms with van der Waals surface area (Å²) in [4.78, 5) is 24.3. The summed E-state index contributed by atoms with van der Waals surface area (Å²) in [6, 6.07) is 0. The van der Waals surface area contributed by atoms with Crippen molar-refractivity contribution >= 4 is 11.6 Å². The first kappa shape index (κ1) is 15.3. The molecule has 2 heteroatoms. The minimum Gasteiger partial charge on any atom is -0.299 e. The summed E-state index contributed by atoms with van der Waals surface area (Å²) in [5.74, 6) is -0.171. The molecule has 2 atom stereocenters. The Morgan fingerprint density at radius 2 is 1.62 bits per heavy atom. The van der Waals surface area contributed by atoms with Crippen molar-refractivity contribution in [2.24, 2.45) is 17.3 Å². The fraction of sp³-hybridized carbons (Fsp3) is 0.857. The van der Waals surface area contributed by atoms with Crippen LogP contribution in [0.15, 0.2) is 0 Å². The van der Waals surface area contributed by atoms with E-state index in [1.807, 2.05) is 34.6 Å². The summed E-state index contributed by atoms with van der Waals surface area (Å²) in [7, 11) is 0. The molecule has 0 bridgehead atoms. The molecule has 0 aromatic carbocycles. The second-order valence-electron chi connectivity index (χ2n) is 5.67. The smallest absolute Gasteiger partial charge is 0.148 e. The van der Waals surface area contributed by atoms with E-state index in [4.69, 9.17) is 0 Å². The second kappa shape index (κ2) is 6.17. The molecule has 0 fully saturated rings. The summed E-state index contributed by atoms with van der Waals surface area (Å²) < 4.78 is 0. The average molecular weight is 226 g/mol. The van der Waals surface area contributed by atoms with Crippen LogP contribution in [0.2, 0.25) is 0 Å². The van der Waals surface area contributed by atoms with E-state index in [1.54, 1.807) is 0 Å². The Morgan fingerprint density at radius 1 is 1.12 bits per heavy atom. The molecule has 0 N–H and O–H groups in total. The first-order chi connectivity index (χ1) is 7.25. The average Bonchev–Trinajstić information content (AvgIpc) is 2.17. The molecular formula is C14H26O2. The standard InChI is InChI=1S/C14H26O2/c1-7-9-10(3)12(15)11(8-2)13(16)14(4,5)6/h10-11H,7-9H2,1-6H3. The maximum atomic E-state index is 12.1. The fourth-order valence-electron chi connectivity index (χ4n) is 1.96. The lowest BCUT2D eigenvalue weighted by Crippen LogP contribution is -2.35. The van der Waals surface area contributed by atoms with Gasteiger partial charge in [0.2, 0.25) is 0 Å². The number of carbonyl (C=O) groups is 2. The third-order valence-corrected chi connectivity index (χ3v) is 3.01. The summed E-state index contributed by atoms with van der Waals surface area (Å²) >= 11 is 0. The molecule has 0 saturated carbocycles. The van der Waals surface area contributed by atoms with Crippen molar-refractivity contribution in [3.05, 3.63) is 0 Å². The molecule has 0 amide bonds. The Kier molecular flexibility index (Phi) is 5.91. The Balaban J connectivity index is 4.74. The molecule has 0 rings (SSSR count). The highest BCUT2D eigenvalue weighted by atomic mass is 16.2. The van der Waals surface area contributed by atoms with Gasteiger partial charge in [-0.05, 0) is 12.8 Å². The van der Waals surface area contributed by atoms with Gasteiger partial charge in [-0.2, -0.15) is 0 Å². The van der Waals surface area contributed by atoms with Gasteiger partial charge in [0, 0.05) is 11.3 Å². The van der Waals surface area contributed by atoms with Crippen LogP contribution in [-0.2, 0) is 9.59 Å². The van der Waals surface area contributed by atoms with Crippen LogP contribution in [0.3, 0.4) is 0 Å². The molecular weight excluding hydrogens is 200 g/mol. The van der Waals surface area contributed by atoms with E-state index in [1.165, 1.54) is 0 Å². The van der Waals surface area contributed by atoms with Crippen molar-refractivity contribution in [2.75, 3.05) is 0 Å². The largest absolute Gasteiger partial charge is 0.299 e. The van der Waals surface area contributed by atoms with E-state index in [0.29, 0.717) is 6.42 Å². The third kappa shape index (κ3) is 4.07. The van der Waals surface area contributed by atoms with Crippen LogP contribution in [0.25, 0.3) is 0 Å². The van der Waals surface area contributed by atoms with Crippen molar-refractivity contribution < 1.29 is 9.59 Å². The van der Waals surface area contributed by atoms with Gasteiger partial charge in [0.25, 0.3) is 0 Å². The maximum absolute atomic E-state index is 12.1. The second-order valence-corrected chi connectivity index (χ2v) is 5.67. The lowest BCUT2D eigenvalue weighted by atomic mass is 9.77. The highest BCUT2D eigenvalue weighted by molar-refractivity contribution is 6.05. The van der Waals surface area contributed by atoms with Crippen LogP contribution >= 0.6 is 0 Å². The Hall–Kier alpha value is -0.660. The summed E-state index contributed by atoms with van der Waals surface area (Å²) in [5.41, 5.74) is -0.414. The minimum atomic E-state index is -0.414. The molecule has 0 saturated heterocycles. The van der Waals surface area contributed by atoms with Gasteiger partial charge in [0.05, 0.1) is 5.92 Å². The van der Waals surface area contributed by atoms with Gasteiger partial charge >= 0.3 is 0 Å². The van der Waals surface area contributed by atoms with E-state index < -0.39 is 11.3 Å². The van der Waals surface area contributed by atoms with Crippen LogP contribution in [0, 0.1) is 17.3 Å². The molecule has 16 heavy (non-hydrogen) atoms. The molecule has 0 aromatic rings. The fourth-order valence-corrected chi connectivity index (χ4v) is 1.96. The number of Topliss-reactive ketones (excluding diaryl/α,β-unsaturated/α-hetero) is 2. The molecule has 94 valence electrons. The Labute approximate surface area is 99.8 Å². The monoisotopic (exact) mass is 226 g/mol. The third-order valence-electron chi connectivity index (χ3n) is 3.01. The first-order valence-corrected chi connectivity index (χ1v) is 6.33. The van der Waals surface area contributed by atoms with Crippen molar-refractivity contribution in [3.63, 3.8) is 0 Å². The van der Waals surface area contributed by atoms with Gasteiger partial charge < -0.3 is 0 Å². The van der Waals surface area contributed by atoms with Gasteiger partial charge in [-0.15, -0.1) is 0 Å². The zero-order valence-electron chi connectivity index (χ0n) is 11.6. The van der Waals surface area contributed by atoms with E-state index >= 15 is 0 Å². The van der Waals surface area contributed by atoms with Crippen molar-refractivity contribution in [1.82, 2.24) is 0 Å². The molecule has 0 radical (unpaired) electrons. The Bertz CT molecular complexity index is 248. The van der Waals surface area contributed by atoms with Crippen LogP contribution in [0.4, 0.5) is 0 Å². The van der Waals surface area contributed by atoms with Gasteiger partial charge in [-0.1, -0.05) is 48.0 Å². The number of carbonyl (C=O) groups excluding carboxylic acids is 2. The molecule has 0 heterocycles. The van der Waals surface area contributed by atoms with Gasteiger partial charge in [0.15, 0.2) is 0 Å². The van der Waals surface area contributed by atoms with Gasteiger partial charge in [0.1, 0.15) is 11.6 Å². The van der Waals surface area contributed by atoms with E-state index in [9.17, 15) is 9.59 Å². The molecule has 0 aromatic heterocycles. The van der Waals surface area contributed by atoms with E-state index in [2.05, 4.69) is 6.92 Å². The van der Waals surface area contributed by atoms with Crippen LogP contribution in [-0.4, -0.2) is 11.6 Å². The highest BCUT2D eigenvalue weighted by Gasteiger charge is 2.34. The Morgan fingerprint density at radius 3 is 1.94 bits per heavy atom. The maximum Gasteiger partial charge on any atom is 0.148 e. The topological polar surface area (TPSA) is 34.1 Å². The quantitative estimate of drug-likeness (QED) is 0.648. The van der Waals surface area contributed by atoms with Gasteiger partial charge in [-0.3, -0.25) is 9.59 Å². The summed E-state index contributed by atoms with van der Waals surface area (Å²) in [6.45, 7) is 11.6. The van der Waals surface area contributed by atoms with Crippen LogP contribution in [0.1, 0.15) is 60.8 Å². The van der Waals surface area contributed by atoms with Crippen LogP contribution in [0.5, 0.6) is 0 Å². The molecule has 0 aliphatic heterocycles. The first-order valence-electron chi connectivity index (χ1n) is 6.33. The van der Waals surface area contributed by atoms with E-state index in [0.717, 1.165) is 12.8 Å². The lowest BCUT2D eigenvalue weighted by Gasteiger charge is -2.24. The molecule has 2 unspecified atom stereocenters. The van der Waals surface area contributed by atoms with Crippen molar-refractivity contribution in [2.45, 2.75) is 60.8 Å². The predicted octanol–water partition coefficient (Wildman–Crippen LogP) is 3.63. The number of rotatable bonds is 6. The number of ketones is 2. The molecule has 0 aliphatic carbocycles. The van der Waals surface area contributed by atoms with Crippen molar-refractivity contribution in [3.8, 4) is 0 Å². The van der Waals surface area contributed by atoms with Crippen molar-refractivity contribution in [1.29, 1.82) is 0 Å². The van der Waals surface area contributed by atoms with Crippen LogP contribution < -0.4 is 0 Å². The normalized spacial score (nSPS) is 15.6. The molecule has 2 nitrogen and oxygen atoms in total. The molecule has 0 spiro atoms. The van der Waals surface area contributed by atoms with E-state index in [-0.39, 0.29) is 17.5 Å². The number of hydrogen-bond acceptors (Lipinski definition) is 2. The molecule has 0 aliphatic rings. The zero-order valence-corrected chi connectivity index (χ0v) is 11.6. The minimum absolute atomic E-state index is 0.0150. The summed E-state index contributed by atoms with van der Waals surface area (Å²) in [5, 5.41) is 0. The summed E-state index contributed by atoms with van der Waals surface area (Å²) in [6.07, 6.45) is 2.50. The zero-order chi connectivity index (χ0) is 12.9. The van der Waals surface area contributed by atoms with Gasteiger partial charge in [-0.25, -0.2) is 0 Å².